The lowest BCUT2D eigenvalue weighted by atomic mass is 9.97. The van der Waals surface area contributed by atoms with Gasteiger partial charge in [0.2, 0.25) is 15.9 Å². The summed E-state index contributed by atoms with van der Waals surface area (Å²) >= 11 is 0. The van der Waals surface area contributed by atoms with Gasteiger partial charge in [0, 0.05) is 25.6 Å². The molecule has 1 amide bonds. The third-order valence-electron chi connectivity index (χ3n) is 3.58. The molecule has 8 heteroatoms. The molecule has 0 spiro atoms. The van der Waals surface area contributed by atoms with Crippen LogP contribution in [0.5, 0.6) is 0 Å². The van der Waals surface area contributed by atoms with Crippen LogP contribution in [0.3, 0.4) is 0 Å². The first-order valence-corrected chi connectivity index (χ1v) is 8.18. The predicted octanol–water partition coefficient (Wildman–Crippen LogP) is 0.255. The van der Waals surface area contributed by atoms with Crippen molar-refractivity contribution in [3.05, 3.63) is 11.9 Å². The maximum absolute atomic E-state index is 12.4. The van der Waals surface area contributed by atoms with Crippen LogP contribution in [0.15, 0.2) is 11.1 Å². The van der Waals surface area contributed by atoms with Crippen LogP contribution in [0.1, 0.15) is 25.5 Å². The van der Waals surface area contributed by atoms with Gasteiger partial charge in [0.15, 0.2) is 0 Å². The number of carbonyl (C=O) groups is 1. The summed E-state index contributed by atoms with van der Waals surface area (Å²) in [7, 11) is -3.50. The Morgan fingerprint density at radius 3 is 2.65 bits per heavy atom. The summed E-state index contributed by atoms with van der Waals surface area (Å²) < 4.78 is 26.3. The Labute approximate surface area is 118 Å². The molecular formula is C12H20N4O3S. The standard InChI is InChI=1S/C12H20N4O3S/c1-3-13-12(17)10-4-6-16(7-5-10)20(18,19)11-8-14-15-9(11)2/h8,10H,3-7H2,1-2H3,(H,13,17)(H,14,15). The molecule has 1 aliphatic heterocycles. The average Bonchev–Trinajstić information content (AvgIpc) is 2.86. The molecule has 0 bridgehead atoms. The van der Waals surface area contributed by atoms with Crippen LogP contribution in [-0.2, 0) is 14.8 Å². The second kappa shape index (κ2) is 5.92. The second-order valence-electron chi connectivity index (χ2n) is 4.93. The van der Waals surface area contributed by atoms with Crippen LogP contribution in [0.25, 0.3) is 0 Å². The Kier molecular flexibility index (Phi) is 4.44. The molecule has 0 aromatic carbocycles. The van der Waals surface area contributed by atoms with Crippen LogP contribution in [0.2, 0.25) is 0 Å². The maximum Gasteiger partial charge on any atom is 0.246 e. The van der Waals surface area contributed by atoms with Crippen molar-refractivity contribution in [1.82, 2.24) is 19.8 Å². The lowest BCUT2D eigenvalue weighted by Crippen LogP contribution is -2.43. The summed E-state index contributed by atoms with van der Waals surface area (Å²) in [5.41, 5.74) is 0.538. The highest BCUT2D eigenvalue weighted by Gasteiger charge is 2.33. The highest BCUT2D eigenvalue weighted by molar-refractivity contribution is 7.89. The van der Waals surface area contributed by atoms with Crippen LogP contribution >= 0.6 is 0 Å². The lowest BCUT2D eigenvalue weighted by Gasteiger charge is -2.30. The van der Waals surface area contributed by atoms with Crippen LogP contribution in [0.4, 0.5) is 0 Å². The lowest BCUT2D eigenvalue weighted by molar-refractivity contribution is -0.126. The van der Waals surface area contributed by atoms with Crippen molar-refractivity contribution in [2.24, 2.45) is 5.92 Å². The van der Waals surface area contributed by atoms with Gasteiger partial charge in [0.25, 0.3) is 0 Å². The number of carbonyl (C=O) groups excluding carboxylic acids is 1. The van der Waals surface area contributed by atoms with Gasteiger partial charge in [0.1, 0.15) is 4.90 Å². The van der Waals surface area contributed by atoms with E-state index in [0.29, 0.717) is 38.2 Å². The first kappa shape index (κ1) is 15.0. The van der Waals surface area contributed by atoms with Crippen molar-refractivity contribution in [2.75, 3.05) is 19.6 Å². The minimum absolute atomic E-state index is 0.0176. The van der Waals surface area contributed by atoms with E-state index in [-0.39, 0.29) is 16.7 Å². The highest BCUT2D eigenvalue weighted by Crippen LogP contribution is 2.24. The molecule has 0 aliphatic carbocycles. The number of hydrogen-bond donors (Lipinski definition) is 2. The van der Waals surface area contributed by atoms with E-state index >= 15 is 0 Å². The SMILES string of the molecule is CCNC(=O)C1CCN(S(=O)(=O)c2cn[nH]c2C)CC1. The number of hydrogen-bond acceptors (Lipinski definition) is 4. The van der Waals surface area contributed by atoms with Gasteiger partial charge in [-0.15, -0.1) is 0 Å². The van der Waals surface area contributed by atoms with Gasteiger partial charge in [0.05, 0.1) is 11.9 Å². The zero-order valence-corrected chi connectivity index (χ0v) is 12.5. The molecule has 1 aromatic rings. The molecule has 112 valence electrons. The third-order valence-corrected chi connectivity index (χ3v) is 5.59. The Bertz CT molecular complexity index is 573. The molecule has 1 aromatic heterocycles. The zero-order chi connectivity index (χ0) is 14.8. The molecule has 0 radical (unpaired) electrons. The number of piperidine rings is 1. The van der Waals surface area contributed by atoms with E-state index in [1.807, 2.05) is 6.92 Å². The van der Waals surface area contributed by atoms with Gasteiger partial charge in [-0.25, -0.2) is 8.42 Å². The normalized spacial score (nSPS) is 18.1. The van der Waals surface area contributed by atoms with Crippen LogP contribution < -0.4 is 5.32 Å². The fourth-order valence-electron chi connectivity index (χ4n) is 2.42. The predicted molar refractivity (Wildman–Crippen MR) is 73.5 cm³/mol. The van der Waals surface area contributed by atoms with Crippen molar-refractivity contribution in [3.63, 3.8) is 0 Å². The summed E-state index contributed by atoms with van der Waals surface area (Å²) in [6, 6.07) is 0. The molecule has 1 saturated heterocycles. The molecule has 2 rings (SSSR count). The topological polar surface area (TPSA) is 95.2 Å². The van der Waals surface area contributed by atoms with E-state index in [0.717, 1.165) is 0 Å². The number of aromatic amines is 1. The summed E-state index contributed by atoms with van der Waals surface area (Å²) in [5, 5.41) is 9.18. The number of nitrogens with zero attached hydrogens (tertiary/aromatic N) is 2. The van der Waals surface area contributed by atoms with Crippen molar-refractivity contribution < 1.29 is 13.2 Å². The molecule has 0 unspecified atom stereocenters. The van der Waals surface area contributed by atoms with Crippen LogP contribution in [0, 0.1) is 12.8 Å². The molecular weight excluding hydrogens is 280 g/mol. The molecule has 0 saturated carbocycles. The summed E-state index contributed by atoms with van der Waals surface area (Å²) in [4.78, 5) is 12.0. The highest BCUT2D eigenvalue weighted by atomic mass is 32.2. The Balaban J connectivity index is 2.04. The van der Waals surface area contributed by atoms with Crippen LogP contribution in [-0.4, -0.2) is 48.5 Å². The van der Waals surface area contributed by atoms with E-state index in [4.69, 9.17) is 0 Å². The first-order valence-electron chi connectivity index (χ1n) is 6.74. The number of aryl methyl sites for hydroxylation is 1. The Morgan fingerprint density at radius 2 is 2.15 bits per heavy atom. The quantitative estimate of drug-likeness (QED) is 0.833. The summed E-state index contributed by atoms with van der Waals surface area (Å²) in [6.07, 6.45) is 2.45. The number of aromatic nitrogens is 2. The largest absolute Gasteiger partial charge is 0.356 e. The van der Waals surface area contributed by atoms with E-state index < -0.39 is 10.0 Å². The van der Waals surface area contributed by atoms with E-state index in [1.54, 1.807) is 6.92 Å². The third kappa shape index (κ3) is 2.85. The molecule has 1 fully saturated rings. The molecule has 1 aliphatic rings. The minimum Gasteiger partial charge on any atom is -0.356 e. The Hall–Kier alpha value is -1.41. The molecule has 2 heterocycles. The number of H-pyrrole nitrogens is 1. The smallest absolute Gasteiger partial charge is 0.246 e. The minimum atomic E-state index is -3.50. The molecule has 20 heavy (non-hydrogen) atoms. The van der Waals surface area contributed by atoms with E-state index in [9.17, 15) is 13.2 Å². The van der Waals surface area contributed by atoms with Gasteiger partial charge < -0.3 is 5.32 Å². The fraction of sp³-hybridized carbons (Fsp3) is 0.667. The second-order valence-corrected chi connectivity index (χ2v) is 6.84. The summed E-state index contributed by atoms with van der Waals surface area (Å²) in [6.45, 7) is 4.90. The monoisotopic (exact) mass is 300 g/mol. The van der Waals surface area contributed by atoms with Crippen molar-refractivity contribution >= 4 is 15.9 Å². The number of amides is 1. The maximum atomic E-state index is 12.4. The molecule has 7 nitrogen and oxygen atoms in total. The number of nitrogens with one attached hydrogen (secondary N) is 2. The van der Waals surface area contributed by atoms with E-state index in [1.165, 1.54) is 10.5 Å². The molecule has 0 atom stereocenters. The summed E-state index contributed by atoms with van der Waals surface area (Å²) in [5.74, 6) is -0.0733. The van der Waals surface area contributed by atoms with Gasteiger partial charge in [-0.1, -0.05) is 0 Å². The molecule has 2 N–H and O–H groups in total. The van der Waals surface area contributed by atoms with Gasteiger partial charge in [-0.2, -0.15) is 9.40 Å². The van der Waals surface area contributed by atoms with Crippen molar-refractivity contribution in [2.45, 2.75) is 31.6 Å². The fourth-order valence-corrected chi connectivity index (χ4v) is 4.00. The average molecular weight is 300 g/mol. The first-order chi connectivity index (χ1) is 9.46. The number of rotatable bonds is 4. The van der Waals surface area contributed by atoms with Gasteiger partial charge >= 0.3 is 0 Å². The van der Waals surface area contributed by atoms with Gasteiger partial charge in [-0.05, 0) is 26.7 Å². The number of sulfonamides is 1. The van der Waals surface area contributed by atoms with Crippen molar-refractivity contribution in [3.8, 4) is 0 Å². The zero-order valence-electron chi connectivity index (χ0n) is 11.7. The Morgan fingerprint density at radius 1 is 1.50 bits per heavy atom. The van der Waals surface area contributed by atoms with E-state index in [2.05, 4.69) is 15.5 Å². The van der Waals surface area contributed by atoms with Crippen molar-refractivity contribution in [1.29, 1.82) is 0 Å². The van der Waals surface area contributed by atoms with Gasteiger partial charge in [-0.3, -0.25) is 9.89 Å².